The van der Waals surface area contributed by atoms with Crippen LogP contribution in [0.5, 0.6) is 0 Å². The minimum absolute atomic E-state index is 0.0625. The number of hydrogen-bond donors (Lipinski definition) is 1. The number of carbonyl (C=O) groups excluding carboxylic acids is 1. The van der Waals surface area contributed by atoms with E-state index in [9.17, 15) is 18.7 Å². The smallest absolute Gasteiger partial charge is 0.377 e. The highest BCUT2D eigenvalue weighted by Gasteiger charge is 2.59. The average molecular weight is 260 g/mol. The molecule has 102 valence electrons. The highest BCUT2D eigenvalue weighted by Crippen LogP contribution is 2.56. The second kappa shape index (κ2) is 3.65. The van der Waals surface area contributed by atoms with Crippen molar-refractivity contribution in [1.82, 2.24) is 0 Å². The molecule has 4 aliphatic rings. The van der Waals surface area contributed by atoms with Crippen LogP contribution in [0.4, 0.5) is 8.78 Å². The molecule has 0 spiro atoms. The van der Waals surface area contributed by atoms with Crippen molar-refractivity contribution in [3.63, 3.8) is 0 Å². The fourth-order valence-electron chi connectivity index (χ4n) is 4.38. The van der Waals surface area contributed by atoms with Crippen LogP contribution >= 0.6 is 0 Å². The SMILES string of the molecule is CC(F)(F)C(=O)OC1C2CC3CC(C2)CC1(O)C3. The molecule has 3 unspecified atom stereocenters. The maximum absolute atomic E-state index is 12.9. The molecule has 0 aromatic carbocycles. The van der Waals surface area contributed by atoms with Gasteiger partial charge in [0.1, 0.15) is 11.7 Å². The first-order valence-corrected chi connectivity index (χ1v) is 6.59. The third-order valence-corrected chi connectivity index (χ3v) is 4.77. The van der Waals surface area contributed by atoms with Gasteiger partial charge in [-0.05, 0) is 49.9 Å². The fourth-order valence-corrected chi connectivity index (χ4v) is 4.38. The van der Waals surface area contributed by atoms with Gasteiger partial charge in [-0.3, -0.25) is 0 Å². The summed E-state index contributed by atoms with van der Waals surface area (Å²) in [5.74, 6) is -3.97. The van der Waals surface area contributed by atoms with E-state index in [1.54, 1.807) is 0 Å². The van der Waals surface area contributed by atoms with Gasteiger partial charge in [-0.15, -0.1) is 0 Å². The number of rotatable bonds is 2. The molecule has 1 N–H and O–H groups in total. The van der Waals surface area contributed by atoms with Crippen LogP contribution in [-0.2, 0) is 9.53 Å². The maximum atomic E-state index is 12.9. The molecule has 4 aliphatic carbocycles. The summed E-state index contributed by atoms with van der Waals surface area (Å²) in [6, 6.07) is 0. The van der Waals surface area contributed by atoms with Crippen molar-refractivity contribution in [3.8, 4) is 0 Å². The Balaban J connectivity index is 1.78. The van der Waals surface area contributed by atoms with Crippen LogP contribution in [0, 0.1) is 17.8 Å². The van der Waals surface area contributed by atoms with Gasteiger partial charge in [0.25, 0.3) is 0 Å². The first-order chi connectivity index (χ1) is 8.28. The summed E-state index contributed by atoms with van der Waals surface area (Å²) in [6.45, 7) is 0.537. The Morgan fingerprint density at radius 3 is 2.28 bits per heavy atom. The molecule has 0 radical (unpaired) electrons. The standard InChI is InChI=1S/C13H18F2O3/c1-12(14,15)11(16)18-10-9-3-7-2-8(4-9)6-13(10,17)5-7/h7-10,17H,2-6H2,1H3. The van der Waals surface area contributed by atoms with Crippen LogP contribution in [0.1, 0.15) is 39.0 Å². The van der Waals surface area contributed by atoms with Crippen molar-refractivity contribution >= 4 is 5.97 Å². The van der Waals surface area contributed by atoms with Crippen LogP contribution in [0.2, 0.25) is 0 Å². The molecule has 3 nitrogen and oxygen atoms in total. The molecule has 4 fully saturated rings. The van der Waals surface area contributed by atoms with E-state index in [1.165, 1.54) is 0 Å². The van der Waals surface area contributed by atoms with Crippen molar-refractivity contribution in [2.24, 2.45) is 17.8 Å². The second-order valence-electron chi connectivity index (χ2n) is 6.43. The molecule has 5 heteroatoms. The van der Waals surface area contributed by atoms with E-state index in [2.05, 4.69) is 0 Å². The average Bonchev–Trinajstić information content (AvgIpc) is 2.20. The van der Waals surface area contributed by atoms with Crippen LogP contribution in [0.25, 0.3) is 0 Å². The van der Waals surface area contributed by atoms with E-state index < -0.39 is 23.6 Å². The van der Waals surface area contributed by atoms with Crippen molar-refractivity contribution in [2.45, 2.75) is 56.7 Å². The molecule has 18 heavy (non-hydrogen) atoms. The second-order valence-corrected chi connectivity index (χ2v) is 6.43. The minimum Gasteiger partial charge on any atom is -0.455 e. The van der Waals surface area contributed by atoms with Gasteiger partial charge in [-0.25, -0.2) is 4.79 Å². The Kier molecular flexibility index (Phi) is 2.50. The van der Waals surface area contributed by atoms with Crippen molar-refractivity contribution < 1.29 is 23.4 Å². The third kappa shape index (κ3) is 1.83. The highest BCUT2D eigenvalue weighted by atomic mass is 19.3. The zero-order valence-corrected chi connectivity index (χ0v) is 10.4. The number of halogens is 2. The summed E-state index contributed by atoms with van der Waals surface area (Å²) in [5.41, 5.74) is -1.06. The van der Waals surface area contributed by atoms with Gasteiger partial charge in [0.2, 0.25) is 0 Å². The van der Waals surface area contributed by atoms with E-state index in [1.807, 2.05) is 0 Å². The lowest BCUT2D eigenvalue weighted by molar-refractivity contribution is -0.233. The van der Waals surface area contributed by atoms with Crippen LogP contribution in [0.3, 0.4) is 0 Å². The first-order valence-electron chi connectivity index (χ1n) is 6.59. The van der Waals surface area contributed by atoms with Gasteiger partial charge in [-0.1, -0.05) is 0 Å². The Morgan fingerprint density at radius 2 is 1.83 bits per heavy atom. The van der Waals surface area contributed by atoms with Crippen LogP contribution in [-0.4, -0.2) is 28.7 Å². The van der Waals surface area contributed by atoms with Gasteiger partial charge in [0, 0.05) is 6.92 Å². The lowest BCUT2D eigenvalue weighted by Gasteiger charge is -2.57. The van der Waals surface area contributed by atoms with Gasteiger partial charge in [0.15, 0.2) is 0 Å². The van der Waals surface area contributed by atoms with Gasteiger partial charge >= 0.3 is 11.9 Å². The summed E-state index contributed by atoms with van der Waals surface area (Å²) in [6.07, 6.45) is 3.37. The zero-order valence-electron chi connectivity index (χ0n) is 10.4. The quantitative estimate of drug-likeness (QED) is 0.774. The Morgan fingerprint density at radius 1 is 1.28 bits per heavy atom. The predicted octanol–water partition coefficient (Wildman–Crippen LogP) is 2.12. The summed E-state index contributed by atoms with van der Waals surface area (Å²) >= 11 is 0. The number of alkyl halides is 2. The first kappa shape index (κ1) is 12.3. The lowest BCUT2D eigenvalue weighted by atomic mass is 9.53. The lowest BCUT2D eigenvalue weighted by Crippen LogP contribution is -2.62. The largest absolute Gasteiger partial charge is 0.455 e. The normalized spacial score (nSPS) is 46.2. The van der Waals surface area contributed by atoms with Gasteiger partial charge < -0.3 is 9.84 Å². The number of aliphatic hydroxyl groups is 1. The van der Waals surface area contributed by atoms with E-state index in [-0.39, 0.29) is 5.92 Å². The van der Waals surface area contributed by atoms with Crippen molar-refractivity contribution in [2.75, 3.05) is 0 Å². The Bertz CT molecular complexity index is 363. The predicted molar refractivity (Wildman–Crippen MR) is 59.0 cm³/mol. The maximum Gasteiger partial charge on any atom is 0.377 e. The number of carbonyl (C=O) groups is 1. The molecule has 4 saturated carbocycles. The molecule has 0 saturated heterocycles. The Labute approximate surface area is 105 Å². The monoisotopic (exact) mass is 260 g/mol. The van der Waals surface area contributed by atoms with Crippen molar-refractivity contribution in [1.29, 1.82) is 0 Å². The summed E-state index contributed by atoms with van der Waals surface area (Å²) in [4.78, 5) is 11.3. The molecule has 4 bridgehead atoms. The molecule has 4 rings (SSSR count). The number of hydrogen-bond acceptors (Lipinski definition) is 3. The van der Waals surface area contributed by atoms with E-state index in [4.69, 9.17) is 4.74 Å². The summed E-state index contributed by atoms with van der Waals surface area (Å²) in [7, 11) is 0. The number of esters is 1. The van der Waals surface area contributed by atoms with Crippen LogP contribution in [0.15, 0.2) is 0 Å². The van der Waals surface area contributed by atoms with E-state index in [0.717, 1.165) is 19.3 Å². The topological polar surface area (TPSA) is 46.5 Å². The van der Waals surface area contributed by atoms with Crippen LogP contribution < -0.4 is 0 Å². The zero-order chi connectivity index (χ0) is 13.1. The molecule has 0 aromatic rings. The number of ether oxygens (including phenoxy) is 1. The Hall–Kier alpha value is -0.710. The van der Waals surface area contributed by atoms with Crippen molar-refractivity contribution in [3.05, 3.63) is 0 Å². The molecule has 0 aromatic heterocycles. The van der Waals surface area contributed by atoms with Gasteiger partial charge in [0.05, 0.1) is 0 Å². The highest BCUT2D eigenvalue weighted by molar-refractivity contribution is 5.77. The molecule has 0 heterocycles. The fraction of sp³-hybridized carbons (Fsp3) is 0.923. The van der Waals surface area contributed by atoms with Gasteiger partial charge in [-0.2, -0.15) is 8.78 Å². The third-order valence-electron chi connectivity index (χ3n) is 4.77. The minimum atomic E-state index is -3.48. The molecule has 3 atom stereocenters. The van der Waals surface area contributed by atoms with E-state index >= 15 is 0 Å². The molecule has 0 aliphatic heterocycles. The molecule has 0 amide bonds. The summed E-state index contributed by atoms with van der Waals surface area (Å²) in [5, 5.41) is 10.6. The molecular formula is C13H18F2O3. The van der Waals surface area contributed by atoms with E-state index in [0.29, 0.717) is 31.6 Å². The molecular weight excluding hydrogens is 242 g/mol. The summed E-state index contributed by atoms with van der Waals surface area (Å²) < 4.78 is 30.8.